The summed E-state index contributed by atoms with van der Waals surface area (Å²) in [5, 5.41) is 3.35. The molecule has 0 spiro atoms. The standard InChI is InChI=1S/C15H24FNO2/c1-13-11-14(5-6-15(13)16)12-17-7-3-4-8-19-10-9-18-2/h5-6,11,17H,3-4,7-10,12H2,1-2H3. The van der Waals surface area contributed by atoms with Gasteiger partial charge < -0.3 is 14.8 Å². The van der Waals surface area contributed by atoms with Crippen LogP contribution in [0.2, 0.25) is 0 Å². The van der Waals surface area contributed by atoms with Gasteiger partial charge in [0, 0.05) is 20.3 Å². The quantitative estimate of drug-likeness (QED) is 0.662. The average molecular weight is 269 g/mol. The highest BCUT2D eigenvalue weighted by Gasteiger charge is 1.98. The van der Waals surface area contributed by atoms with Crippen LogP contribution in [-0.4, -0.2) is 33.5 Å². The van der Waals surface area contributed by atoms with E-state index >= 15 is 0 Å². The molecule has 0 saturated carbocycles. The van der Waals surface area contributed by atoms with Gasteiger partial charge in [-0.05, 0) is 43.5 Å². The van der Waals surface area contributed by atoms with Crippen molar-refractivity contribution in [3.8, 4) is 0 Å². The highest BCUT2D eigenvalue weighted by Crippen LogP contribution is 2.08. The number of hydrogen-bond donors (Lipinski definition) is 1. The van der Waals surface area contributed by atoms with Gasteiger partial charge in [0.05, 0.1) is 13.2 Å². The molecule has 4 heteroatoms. The van der Waals surface area contributed by atoms with E-state index in [0.717, 1.165) is 38.1 Å². The minimum absolute atomic E-state index is 0.142. The van der Waals surface area contributed by atoms with Crippen LogP contribution in [0.15, 0.2) is 18.2 Å². The molecule has 3 nitrogen and oxygen atoms in total. The summed E-state index contributed by atoms with van der Waals surface area (Å²) in [4.78, 5) is 0. The molecular formula is C15H24FNO2. The van der Waals surface area contributed by atoms with E-state index in [1.54, 1.807) is 14.0 Å². The number of methoxy groups -OCH3 is 1. The lowest BCUT2D eigenvalue weighted by Crippen LogP contribution is -2.15. The van der Waals surface area contributed by atoms with E-state index in [1.165, 1.54) is 6.07 Å². The van der Waals surface area contributed by atoms with Crippen molar-refractivity contribution in [3.63, 3.8) is 0 Å². The van der Waals surface area contributed by atoms with Crippen LogP contribution < -0.4 is 5.32 Å². The van der Waals surface area contributed by atoms with Crippen molar-refractivity contribution >= 4 is 0 Å². The lowest BCUT2D eigenvalue weighted by molar-refractivity contribution is 0.0688. The Morgan fingerprint density at radius 3 is 2.74 bits per heavy atom. The van der Waals surface area contributed by atoms with E-state index in [9.17, 15) is 4.39 Å². The maximum absolute atomic E-state index is 13.1. The van der Waals surface area contributed by atoms with Crippen LogP contribution in [0.1, 0.15) is 24.0 Å². The van der Waals surface area contributed by atoms with Crippen molar-refractivity contribution in [2.45, 2.75) is 26.3 Å². The first-order valence-corrected chi connectivity index (χ1v) is 6.76. The van der Waals surface area contributed by atoms with Gasteiger partial charge in [0.25, 0.3) is 0 Å². The van der Waals surface area contributed by atoms with E-state index in [4.69, 9.17) is 9.47 Å². The second-order valence-corrected chi connectivity index (χ2v) is 4.57. The fourth-order valence-corrected chi connectivity index (χ4v) is 1.75. The zero-order valence-electron chi connectivity index (χ0n) is 11.9. The molecular weight excluding hydrogens is 245 g/mol. The second kappa shape index (κ2) is 9.89. The molecule has 0 amide bonds. The topological polar surface area (TPSA) is 30.5 Å². The molecule has 108 valence electrons. The molecule has 0 saturated heterocycles. The van der Waals surface area contributed by atoms with E-state index in [1.807, 2.05) is 12.1 Å². The molecule has 0 aliphatic heterocycles. The first-order valence-electron chi connectivity index (χ1n) is 6.76. The third kappa shape index (κ3) is 7.25. The lowest BCUT2D eigenvalue weighted by atomic mass is 10.1. The summed E-state index contributed by atoms with van der Waals surface area (Å²) in [7, 11) is 1.67. The molecule has 0 aromatic heterocycles. The molecule has 1 rings (SSSR count). The zero-order chi connectivity index (χ0) is 13.9. The smallest absolute Gasteiger partial charge is 0.126 e. The summed E-state index contributed by atoms with van der Waals surface area (Å²) >= 11 is 0. The van der Waals surface area contributed by atoms with Crippen LogP contribution in [0.4, 0.5) is 4.39 Å². The molecule has 19 heavy (non-hydrogen) atoms. The number of hydrogen-bond acceptors (Lipinski definition) is 3. The Morgan fingerprint density at radius 2 is 2.00 bits per heavy atom. The fraction of sp³-hybridized carbons (Fsp3) is 0.600. The van der Waals surface area contributed by atoms with Crippen LogP contribution >= 0.6 is 0 Å². The van der Waals surface area contributed by atoms with Gasteiger partial charge in [-0.2, -0.15) is 0 Å². The Hall–Kier alpha value is -0.970. The molecule has 1 N–H and O–H groups in total. The van der Waals surface area contributed by atoms with Crippen molar-refractivity contribution in [2.75, 3.05) is 33.5 Å². The molecule has 0 fully saturated rings. The van der Waals surface area contributed by atoms with Crippen molar-refractivity contribution in [2.24, 2.45) is 0 Å². The third-order valence-corrected chi connectivity index (χ3v) is 2.88. The number of halogens is 1. The number of nitrogens with one attached hydrogen (secondary N) is 1. The SMILES string of the molecule is COCCOCCCCNCc1ccc(F)c(C)c1. The summed E-state index contributed by atoms with van der Waals surface area (Å²) < 4.78 is 23.3. The van der Waals surface area contributed by atoms with E-state index < -0.39 is 0 Å². The molecule has 1 aromatic rings. The number of rotatable bonds is 10. The maximum Gasteiger partial charge on any atom is 0.126 e. The molecule has 0 unspecified atom stereocenters. The molecule has 0 aliphatic rings. The van der Waals surface area contributed by atoms with Crippen LogP contribution in [0, 0.1) is 12.7 Å². The second-order valence-electron chi connectivity index (χ2n) is 4.57. The van der Waals surface area contributed by atoms with Gasteiger partial charge in [-0.15, -0.1) is 0 Å². The highest BCUT2D eigenvalue weighted by molar-refractivity contribution is 5.23. The summed E-state index contributed by atoms with van der Waals surface area (Å²) in [5.74, 6) is -0.142. The Balaban J connectivity index is 2.00. The van der Waals surface area contributed by atoms with E-state index in [0.29, 0.717) is 18.8 Å². The normalized spacial score (nSPS) is 10.9. The van der Waals surface area contributed by atoms with Crippen molar-refractivity contribution in [1.82, 2.24) is 5.32 Å². The Kier molecular flexibility index (Phi) is 8.38. The van der Waals surface area contributed by atoms with Gasteiger partial charge in [-0.3, -0.25) is 0 Å². The Labute approximate surface area is 115 Å². The summed E-state index contributed by atoms with van der Waals surface area (Å²) in [5.41, 5.74) is 1.82. The highest BCUT2D eigenvalue weighted by atomic mass is 19.1. The molecule has 0 atom stereocenters. The van der Waals surface area contributed by atoms with Gasteiger partial charge in [0.1, 0.15) is 5.82 Å². The van der Waals surface area contributed by atoms with E-state index in [-0.39, 0.29) is 5.82 Å². The molecule has 0 radical (unpaired) electrons. The maximum atomic E-state index is 13.1. The monoisotopic (exact) mass is 269 g/mol. The predicted octanol–water partition coefficient (Wildman–Crippen LogP) is 2.67. The third-order valence-electron chi connectivity index (χ3n) is 2.88. The zero-order valence-corrected chi connectivity index (χ0v) is 11.9. The van der Waals surface area contributed by atoms with Crippen molar-refractivity contribution < 1.29 is 13.9 Å². The first kappa shape index (κ1) is 16.1. The minimum Gasteiger partial charge on any atom is -0.382 e. The summed E-state index contributed by atoms with van der Waals surface area (Å²) in [6.45, 7) is 5.62. The summed E-state index contributed by atoms with van der Waals surface area (Å²) in [6.07, 6.45) is 2.12. The Morgan fingerprint density at radius 1 is 1.16 bits per heavy atom. The van der Waals surface area contributed by atoms with Gasteiger partial charge in [-0.25, -0.2) is 4.39 Å². The largest absolute Gasteiger partial charge is 0.382 e. The van der Waals surface area contributed by atoms with Crippen LogP contribution in [0.25, 0.3) is 0 Å². The van der Waals surface area contributed by atoms with E-state index in [2.05, 4.69) is 5.32 Å². The van der Waals surface area contributed by atoms with Gasteiger partial charge in [-0.1, -0.05) is 12.1 Å². The van der Waals surface area contributed by atoms with Gasteiger partial charge in [0.2, 0.25) is 0 Å². The average Bonchev–Trinajstić information content (AvgIpc) is 2.41. The molecule has 0 heterocycles. The van der Waals surface area contributed by atoms with Crippen LogP contribution in [0.3, 0.4) is 0 Å². The van der Waals surface area contributed by atoms with Crippen molar-refractivity contribution in [3.05, 3.63) is 35.1 Å². The molecule has 0 aliphatic carbocycles. The number of aryl methyl sites for hydroxylation is 1. The molecule has 0 bridgehead atoms. The van der Waals surface area contributed by atoms with Crippen LogP contribution in [-0.2, 0) is 16.0 Å². The summed E-state index contributed by atoms with van der Waals surface area (Å²) in [6, 6.07) is 5.23. The minimum atomic E-state index is -0.142. The van der Waals surface area contributed by atoms with Gasteiger partial charge in [0.15, 0.2) is 0 Å². The predicted molar refractivity (Wildman–Crippen MR) is 74.8 cm³/mol. The molecule has 1 aromatic carbocycles. The number of unbranched alkanes of at least 4 members (excludes halogenated alkanes) is 1. The number of ether oxygens (including phenoxy) is 2. The Bertz CT molecular complexity index is 358. The van der Waals surface area contributed by atoms with Crippen LogP contribution in [0.5, 0.6) is 0 Å². The lowest BCUT2D eigenvalue weighted by Gasteiger charge is -2.07. The van der Waals surface area contributed by atoms with Gasteiger partial charge >= 0.3 is 0 Å². The number of benzene rings is 1. The fourth-order valence-electron chi connectivity index (χ4n) is 1.75. The first-order chi connectivity index (χ1) is 9.24. The van der Waals surface area contributed by atoms with Crippen molar-refractivity contribution in [1.29, 1.82) is 0 Å².